The Morgan fingerprint density at radius 1 is 1.29 bits per heavy atom. The number of methoxy groups -OCH3 is 1. The predicted octanol–water partition coefficient (Wildman–Crippen LogP) is -0.886. The molecule has 1 aromatic carbocycles. The Kier molecular flexibility index (Phi) is 6.17. The minimum absolute atomic E-state index is 0.607. The molecule has 3 rings (SSSR count). The highest BCUT2D eigenvalue weighted by molar-refractivity contribution is 5.56. The van der Waals surface area contributed by atoms with Gasteiger partial charge in [-0.2, -0.15) is 4.98 Å². The van der Waals surface area contributed by atoms with Gasteiger partial charge in [0, 0.05) is 12.0 Å². The summed E-state index contributed by atoms with van der Waals surface area (Å²) in [5.74, 6) is 2.05. The lowest BCUT2D eigenvalue weighted by Gasteiger charge is -2.23. The van der Waals surface area contributed by atoms with Crippen molar-refractivity contribution in [2.75, 3.05) is 46.5 Å². The van der Waals surface area contributed by atoms with Gasteiger partial charge in [0.1, 0.15) is 18.8 Å². The van der Waals surface area contributed by atoms with Crippen molar-refractivity contribution in [2.45, 2.75) is 13.0 Å². The molecule has 0 saturated carbocycles. The highest BCUT2D eigenvalue weighted by atomic mass is 16.5. The van der Waals surface area contributed by atoms with Gasteiger partial charge < -0.3 is 24.2 Å². The first kappa shape index (κ1) is 16.9. The van der Waals surface area contributed by atoms with Gasteiger partial charge in [-0.05, 0) is 12.1 Å². The Hall–Kier alpha value is -1.96. The summed E-state index contributed by atoms with van der Waals surface area (Å²) in [6.45, 7) is 7.05. The number of benzene rings is 1. The lowest BCUT2D eigenvalue weighted by Crippen LogP contribution is -3.14. The van der Waals surface area contributed by atoms with Gasteiger partial charge in [-0.1, -0.05) is 17.3 Å². The molecule has 3 N–H and O–H groups in total. The van der Waals surface area contributed by atoms with Crippen LogP contribution in [-0.2, 0) is 11.3 Å². The molecule has 0 unspecified atom stereocenters. The van der Waals surface area contributed by atoms with E-state index in [0.717, 1.165) is 50.7 Å². The zero-order valence-electron chi connectivity index (χ0n) is 14.2. The van der Waals surface area contributed by atoms with Gasteiger partial charge in [-0.3, -0.25) is 0 Å². The molecule has 0 atom stereocenters. The third-order valence-electron chi connectivity index (χ3n) is 4.25. The number of hydrogen-bond donors (Lipinski definition) is 2. The molecule has 7 heteroatoms. The molecule has 2 aromatic rings. The maximum Gasteiger partial charge on any atom is 0.282 e. The third kappa shape index (κ3) is 4.77. The van der Waals surface area contributed by atoms with Crippen LogP contribution in [0, 0.1) is 0 Å². The molecular formula is C17H26N4O3+2. The average Bonchev–Trinajstić information content (AvgIpc) is 3.11. The van der Waals surface area contributed by atoms with E-state index in [-0.39, 0.29) is 0 Å². The van der Waals surface area contributed by atoms with E-state index in [4.69, 9.17) is 14.0 Å². The number of morpholine rings is 1. The monoisotopic (exact) mass is 334 g/mol. The van der Waals surface area contributed by atoms with E-state index in [0.29, 0.717) is 11.7 Å². The van der Waals surface area contributed by atoms with Crippen LogP contribution in [0.5, 0.6) is 5.75 Å². The molecule has 0 radical (unpaired) electrons. The molecule has 0 bridgehead atoms. The Morgan fingerprint density at radius 2 is 2.17 bits per heavy atom. The normalized spacial score (nSPS) is 15.5. The molecule has 2 heterocycles. The second kappa shape index (κ2) is 8.77. The molecule has 130 valence electrons. The van der Waals surface area contributed by atoms with Crippen LogP contribution in [0.15, 0.2) is 28.8 Å². The van der Waals surface area contributed by atoms with Crippen LogP contribution < -0.4 is 15.0 Å². The molecule has 7 nitrogen and oxygen atoms in total. The van der Waals surface area contributed by atoms with Crippen molar-refractivity contribution in [1.82, 2.24) is 10.1 Å². The van der Waals surface area contributed by atoms with Crippen LogP contribution in [0.4, 0.5) is 0 Å². The fraction of sp³-hybridized carbons (Fsp3) is 0.529. The van der Waals surface area contributed by atoms with Crippen LogP contribution in [0.25, 0.3) is 11.4 Å². The molecule has 0 amide bonds. The van der Waals surface area contributed by atoms with Crippen molar-refractivity contribution in [1.29, 1.82) is 0 Å². The fourth-order valence-corrected chi connectivity index (χ4v) is 2.85. The van der Waals surface area contributed by atoms with E-state index in [2.05, 4.69) is 15.5 Å². The second-order valence-corrected chi connectivity index (χ2v) is 5.99. The number of hydrogen-bond acceptors (Lipinski definition) is 5. The Labute approximate surface area is 141 Å². The topological polar surface area (TPSA) is 78.4 Å². The number of quaternary nitrogens is 2. The van der Waals surface area contributed by atoms with Gasteiger partial charge in [0.05, 0.1) is 33.4 Å². The van der Waals surface area contributed by atoms with Gasteiger partial charge in [-0.25, -0.2) is 0 Å². The van der Waals surface area contributed by atoms with E-state index in [1.807, 2.05) is 24.3 Å². The van der Waals surface area contributed by atoms with E-state index in [9.17, 15) is 0 Å². The van der Waals surface area contributed by atoms with Gasteiger partial charge in [0.15, 0.2) is 6.54 Å². The van der Waals surface area contributed by atoms with Gasteiger partial charge in [0.25, 0.3) is 5.89 Å². The lowest BCUT2D eigenvalue weighted by molar-refractivity contribution is -0.909. The summed E-state index contributed by atoms with van der Waals surface area (Å²) in [4.78, 5) is 6.10. The second-order valence-electron chi connectivity index (χ2n) is 5.99. The Morgan fingerprint density at radius 3 is 3.00 bits per heavy atom. The smallest absolute Gasteiger partial charge is 0.282 e. The van der Waals surface area contributed by atoms with Crippen LogP contribution in [0.3, 0.4) is 0 Å². The zero-order chi connectivity index (χ0) is 16.6. The lowest BCUT2D eigenvalue weighted by atomic mass is 10.2. The third-order valence-corrected chi connectivity index (χ3v) is 4.25. The quantitative estimate of drug-likeness (QED) is 0.613. The van der Waals surface area contributed by atoms with Crippen molar-refractivity contribution in [3.8, 4) is 17.1 Å². The minimum Gasteiger partial charge on any atom is -0.497 e. The van der Waals surface area contributed by atoms with E-state index in [1.165, 1.54) is 13.0 Å². The molecule has 1 aliphatic heterocycles. The molecule has 0 spiro atoms. The summed E-state index contributed by atoms with van der Waals surface area (Å²) in [5.41, 5.74) is 0.903. The van der Waals surface area contributed by atoms with Crippen molar-refractivity contribution >= 4 is 0 Å². The van der Waals surface area contributed by atoms with Crippen LogP contribution in [-0.4, -0.2) is 56.6 Å². The first-order chi connectivity index (χ1) is 11.8. The van der Waals surface area contributed by atoms with Crippen molar-refractivity contribution in [3.05, 3.63) is 30.2 Å². The molecule has 24 heavy (non-hydrogen) atoms. The van der Waals surface area contributed by atoms with E-state index in [1.54, 1.807) is 12.0 Å². The average molecular weight is 334 g/mol. The van der Waals surface area contributed by atoms with Crippen molar-refractivity contribution in [3.63, 3.8) is 0 Å². The molecular weight excluding hydrogens is 308 g/mol. The van der Waals surface area contributed by atoms with E-state index >= 15 is 0 Å². The minimum atomic E-state index is 0.607. The molecule has 0 aliphatic carbocycles. The number of nitrogens with zero attached hydrogens (tertiary/aromatic N) is 2. The summed E-state index contributed by atoms with van der Waals surface area (Å²) in [6.07, 6.45) is 1.19. The molecule has 1 aliphatic rings. The van der Waals surface area contributed by atoms with Gasteiger partial charge in [0.2, 0.25) is 5.82 Å². The first-order valence-corrected chi connectivity index (χ1v) is 8.55. The summed E-state index contributed by atoms with van der Waals surface area (Å²) < 4.78 is 15.9. The van der Waals surface area contributed by atoms with Crippen molar-refractivity contribution < 1.29 is 24.2 Å². The molecule has 1 saturated heterocycles. The van der Waals surface area contributed by atoms with Crippen LogP contribution in [0.2, 0.25) is 0 Å². The number of rotatable bonds is 8. The summed E-state index contributed by atoms with van der Waals surface area (Å²) in [7, 11) is 1.65. The maximum absolute atomic E-state index is 5.37. The molecule has 1 aromatic heterocycles. The van der Waals surface area contributed by atoms with Gasteiger partial charge >= 0.3 is 0 Å². The van der Waals surface area contributed by atoms with E-state index < -0.39 is 0 Å². The largest absolute Gasteiger partial charge is 0.497 e. The Bertz CT molecular complexity index is 626. The molecule has 1 fully saturated rings. The standard InChI is InChI=1S/C17H24N4O3/c1-22-15-5-2-4-14(12-15)17-19-16(24-20-17)13-18-6-3-7-21-8-10-23-11-9-21/h2,4-5,12,18H,3,6-11,13H2,1H3/p+2. The summed E-state index contributed by atoms with van der Waals surface area (Å²) in [6, 6.07) is 7.68. The predicted molar refractivity (Wildman–Crippen MR) is 87.8 cm³/mol. The summed E-state index contributed by atoms with van der Waals surface area (Å²) >= 11 is 0. The Balaban J connectivity index is 1.41. The fourth-order valence-electron chi connectivity index (χ4n) is 2.85. The van der Waals surface area contributed by atoms with Gasteiger partial charge in [-0.15, -0.1) is 0 Å². The highest BCUT2D eigenvalue weighted by Gasteiger charge is 2.14. The van der Waals surface area contributed by atoms with Crippen molar-refractivity contribution in [2.24, 2.45) is 0 Å². The van der Waals surface area contributed by atoms with Crippen LogP contribution >= 0.6 is 0 Å². The number of nitrogens with two attached hydrogens (primary N) is 1. The first-order valence-electron chi connectivity index (χ1n) is 8.55. The zero-order valence-corrected chi connectivity index (χ0v) is 14.2. The SMILES string of the molecule is COc1cccc(-c2noc(C[NH2+]CCC[NH+]3CCOCC3)n2)c1. The van der Waals surface area contributed by atoms with Crippen LogP contribution in [0.1, 0.15) is 12.3 Å². The maximum atomic E-state index is 5.37. The number of nitrogens with one attached hydrogen (secondary N) is 1. The summed E-state index contributed by atoms with van der Waals surface area (Å²) in [5, 5.41) is 6.28. The number of aromatic nitrogens is 2. The number of ether oxygens (including phenoxy) is 2. The highest BCUT2D eigenvalue weighted by Crippen LogP contribution is 2.20.